The molecule has 0 spiro atoms. The van der Waals surface area contributed by atoms with Crippen molar-refractivity contribution in [1.82, 2.24) is 15.1 Å². The number of ether oxygens (including phenoxy) is 1. The molecule has 1 aliphatic carbocycles. The lowest BCUT2D eigenvalue weighted by atomic mass is 10.0. The second kappa shape index (κ2) is 13.3. The summed E-state index contributed by atoms with van der Waals surface area (Å²) in [6, 6.07) is 15.7. The summed E-state index contributed by atoms with van der Waals surface area (Å²) < 4.78 is 31.0. The first-order valence-electron chi connectivity index (χ1n) is 12.9. The van der Waals surface area contributed by atoms with Crippen molar-refractivity contribution >= 4 is 34.1 Å². The molecule has 1 saturated carbocycles. The van der Waals surface area contributed by atoms with Gasteiger partial charge in [-0.15, -0.1) is 12.4 Å². The Morgan fingerprint density at radius 1 is 1.00 bits per heavy atom. The number of sulfonamides is 1. The normalized spacial score (nSPS) is 16.5. The number of piperidine rings is 1. The molecule has 0 aromatic heterocycles. The molecule has 2 amide bonds. The molecular formula is C27H39ClN4O4S. The zero-order valence-corrected chi connectivity index (χ0v) is 23.3. The van der Waals surface area contributed by atoms with E-state index in [0.717, 1.165) is 76.7 Å². The maximum Gasteiger partial charge on any atom is 0.317 e. The van der Waals surface area contributed by atoms with Crippen LogP contribution in [0.4, 0.5) is 10.5 Å². The Bertz CT molecular complexity index is 1100. The molecule has 2 aliphatic rings. The van der Waals surface area contributed by atoms with Crippen molar-refractivity contribution in [3.8, 4) is 11.5 Å². The number of urea groups is 1. The van der Waals surface area contributed by atoms with Crippen molar-refractivity contribution in [2.45, 2.75) is 64.1 Å². The number of hydrogen-bond donors (Lipinski definition) is 2. The average molecular weight is 551 g/mol. The van der Waals surface area contributed by atoms with Gasteiger partial charge in [0.15, 0.2) is 0 Å². The Balaban J connectivity index is 0.00000380. The van der Waals surface area contributed by atoms with Crippen LogP contribution in [0.3, 0.4) is 0 Å². The zero-order valence-electron chi connectivity index (χ0n) is 21.7. The molecule has 0 atom stereocenters. The molecule has 1 aliphatic heterocycles. The fourth-order valence-electron chi connectivity index (χ4n) is 4.52. The van der Waals surface area contributed by atoms with Gasteiger partial charge >= 0.3 is 6.03 Å². The Hall–Kier alpha value is -2.49. The van der Waals surface area contributed by atoms with E-state index in [1.165, 1.54) is 5.56 Å². The fourth-order valence-corrected chi connectivity index (χ4v) is 5.08. The van der Waals surface area contributed by atoms with Crippen LogP contribution >= 0.6 is 12.4 Å². The summed E-state index contributed by atoms with van der Waals surface area (Å²) in [5, 5.41) is 3.18. The average Bonchev–Trinajstić information content (AvgIpc) is 3.66. The van der Waals surface area contributed by atoms with Gasteiger partial charge in [-0.1, -0.05) is 25.5 Å². The predicted octanol–water partition coefficient (Wildman–Crippen LogP) is 5.21. The van der Waals surface area contributed by atoms with Crippen molar-refractivity contribution < 1.29 is 17.9 Å². The van der Waals surface area contributed by atoms with E-state index in [-0.39, 0.29) is 18.4 Å². The SMILES string of the molecule is CCCCN(C(=O)NC1CC1)C1CCN(Cc2ccc(Oc3ccc(NS(C)(=O)=O)cc3)cc2)CC1.Cl. The van der Waals surface area contributed by atoms with Gasteiger partial charge in [0.2, 0.25) is 10.0 Å². The van der Waals surface area contributed by atoms with Gasteiger partial charge in [0.1, 0.15) is 11.5 Å². The van der Waals surface area contributed by atoms with Crippen molar-refractivity contribution in [3.05, 3.63) is 54.1 Å². The Morgan fingerprint density at radius 3 is 2.14 bits per heavy atom. The predicted molar refractivity (Wildman–Crippen MR) is 150 cm³/mol. The molecule has 2 N–H and O–H groups in total. The van der Waals surface area contributed by atoms with Crippen molar-refractivity contribution in [3.63, 3.8) is 0 Å². The smallest absolute Gasteiger partial charge is 0.317 e. The van der Waals surface area contributed by atoms with Gasteiger partial charge in [0.05, 0.1) is 6.26 Å². The Kier molecular flexibility index (Phi) is 10.5. The molecule has 4 rings (SSSR count). The maximum atomic E-state index is 12.8. The van der Waals surface area contributed by atoms with Crippen LogP contribution in [0.1, 0.15) is 51.0 Å². The van der Waals surface area contributed by atoms with Gasteiger partial charge in [0.25, 0.3) is 0 Å². The Labute approximate surface area is 227 Å². The van der Waals surface area contributed by atoms with E-state index >= 15 is 0 Å². The highest BCUT2D eigenvalue weighted by atomic mass is 35.5. The van der Waals surface area contributed by atoms with Crippen LogP contribution in [0.25, 0.3) is 0 Å². The van der Waals surface area contributed by atoms with E-state index in [0.29, 0.717) is 23.5 Å². The first-order valence-corrected chi connectivity index (χ1v) is 14.8. The van der Waals surface area contributed by atoms with E-state index in [9.17, 15) is 13.2 Å². The van der Waals surface area contributed by atoms with E-state index in [1.807, 2.05) is 12.1 Å². The monoisotopic (exact) mass is 550 g/mol. The summed E-state index contributed by atoms with van der Waals surface area (Å²) in [5.74, 6) is 1.37. The maximum absolute atomic E-state index is 12.8. The highest BCUT2D eigenvalue weighted by Gasteiger charge is 2.31. The lowest BCUT2D eigenvalue weighted by Gasteiger charge is -2.38. The minimum atomic E-state index is -3.30. The number of anilines is 1. The van der Waals surface area contributed by atoms with Crippen LogP contribution in [0.2, 0.25) is 0 Å². The van der Waals surface area contributed by atoms with Crippen LogP contribution in [-0.2, 0) is 16.6 Å². The summed E-state index contributed by atoms with van der Waals surface area (Å²) in [7, 11) is -3.30. The molecule has 2 fully saturated rings. The first kappa shape index (κ1) is 29.1. The number of carbonyl (C=O) groups excluding carboxylic acids is 1. The summed E-state index contributed by atoms with van der Waals surface area (Å²) in [5.41, 5.74) is 1.73. The molecule has 8 nitrogen and oxygen atoms in total. The van der Waals surface area contributed by atoms with Crippen LogP contribution < -0.4 is 14.8 Å². The minimum absolute atomic E-state index is 0. The van der Waals surface area contributed by atoms with Crippen molar-refractivity contribution in [2.75, 3.05) is 30.6 Å². The van der Waals surface area contributed by atoms with Crippen LogP contribution in [0.15, 0.2) is 48.5 Å². The molecule has 1 saturated heterocycles. The number of hydrogen-bond acceptors (Lipinski definition) is 5. The van der Waals surface area contributed by atoms with E-state index in [1.54, 1.807) is 24.3 Å². The number of rotatable bonds is 11. The molecule has 1 heterocycles. The minimum Gasteiger partial charge on any atom is -0.457 e. The molecule has 37 heavy (non-hydrogen) atoms. The van der Waals surface area contributed by atoms with Gasteiger partial charge in [-0.2, -0.15) is 0 Å². The first-order chi connectivity index (χ1) is 17.3. The standard InChI is InChI=1S/C27H38N4O4S.ClH/c1-3-4-17-31(27(32)28-22-7-8-22)24-15-18-30(19-16-24)20-21-5-11-25(12-6-21)35-26-13-9-23(10-14-26)29-36(2,33)34;/h5-6,9-14,22,24,29H,3-4,7-8,15-20H2,1-2H3,(H,28,32);1H. The van der Waals surface area contributed by atoms with Crippen LogP contribution in [-0.4, -0.2) is 62.2 Å². The molecule has 10 heteroatoms. The number of carbonyl (C=O) groups is 1. The third-order valence-corrected chi connectivity index (χ3v) is 7.25. The fraction of sp³-hybridized carbons (Fsp3) is 0.519. The van der Waals surface area contributed by atoms with Gasteiger partial charge in [-0.3, -0.25) is 9.62 Å². The quantitative estimate of drug-likeness (QED) is 0.401. The number of nitrogens with zero attached hydrogens (tertiary/aromatic N) is 2. The molecular weight excluding hydrogens is 512 g/mol. The third-order valence-electron chi connectivity index (χ3n) is 6.64. The van der Waals surface area contributed by atoms with Crippen LogP contribution in [0, 0.1) is 0 Å². The van der Waals surface area contributed by atoms with Gasteiger partial charge in [0, 0.05) is 44.0 Å². The summed E-state index contributed by atoms with van der Waals surface area (Å²) in [6.45, 7) is 5.86. The number of benzene rings is 2. The highest BCUT2D eigenvalue weighted by Crippen LogP contribution is 2.25. The summed E-state index contributed by atoms with van der Waals surface area (Å²) in [6.07, 6.45) is 7.51. The topological polar surface area (TPSA) is 91.0 Å². The summed E-state index contributed by atoms with van der Waals surface area (Å²) in [4.78, 5) is 17.3. The number of unbranched alkanes of at least 4 members (excludes halogenated alkanes) is 1. The number of likely N-dealkylation sites (tertiary alicyclic amines) is 1. The largest absolute Gasteiger partial charge is 0.457 e. The van der Waals surface area contributed by atoms with E-state index in [2.05, 4.69) is 38.9 Å². The lowest BCUT2D eigenvalue weighted by Crippen LogP contribution is -2.51. The number of amides is 2. The van der Waals surface area contributed by atoms with Crippen LogP contribution in [0.5, 0.6) is 11.5 Å². The Morgan fingerprint density at radius 2 is 1.59 bits per heavy atom. The van der Waals surface area contributed by atoms with Gasteiger partial charge < -0.3 is 15.0 Å². The highest BCUT2D eigenvalue weighted by molar-refractivity contribution is 7.92. The number of nitrogens with one attached hydrogen (secondary N) is 2. The van der Waals surface area contributed by atoms with E-state index in [4.69, 9.17) is 4.74 Å². The molecule has 0 unspecified atom stereocenters. The lowest BCUT2D eigenvalue weighted by molar-refractivity contribution is 0.116. The number of halogens is 1. The van der Waals surface area contributed by atoms with Crippen molar-refractivity contribution in [1.29, 1.82) is 0 Å². The molecule has 0 radical (unpaired) electrons. The van der Waals surface area contributed by atoms with E-state index < -0.39 is 10.0 Å². The zero-order chi connectivity index (χ0) is 25.5. The molecule has 2 aromatic carbocycles. The third kappa shape index (κ3) is 9.39. The second-order valence-electron chi connectivity index (χ2n) is 9.92. The molecule has 2 aromatic rings. The van der Waals surface area contributed by atoms with Gasteiger partial charge in [-0.25, -0.2) is 13.2 Å². The molecule has 204 valence electrons. The second-order valence-corrected chi connectivity index (χ2v) is 11.7. The van der Waals surface area contributed by atoms with Gasteiger partial charge in [-0.05, 0) is 74.1 Å². The molecule has 0 bridgehead atoms. The summed E-state index contributed by atoms with van der Waals surface area (Å²) >= 11 is 0. The van der Waals surface area contributed by atoms with Crippen molar-refractivity contribution in [2.24, 2.45) is 0 Å².